The molecule has 1 unspecified atom stereocenters. The van der Waals surface area contributed by atoms with Crippen molar-refractivity contribution >= 4 is 28.9 Å². The van der Waals surface area contributed by atoms with E-state index in [4.69, 9.17) is 4.74 Å². The lowest BCUT2D eigenvalue weighted by Gasteiger charge is -2.32. The molecule has 0 aromatic carbocycles. The van der Waals surface area contributed by atoms with Gasteiger partial charge in [-0.3, -0.25) is 4.79 Å². The van der Waals surface area contributed by atoms with Crippen molar-refractivity contribution < 1.29 is 14.3 Å². The highest BCUT2D eigenvalue weighted by Crippen LogP contribution is 2.30. The Kier molecular flexibility index (Phi) is 6.12. The number of likely N-dealkylation sites (N-methyl/N-ethyl adjacent to an activating group) is 1. The van der Waals surface area contributed by atoms with Crippen LogP contribution in [0.15, 0.2) is 6.07 Å². The van der Waals surface area contributed by atoms with Gasteiger partial charge in [-0.25, -0.2) is 4.79 Å². The normalized spacial score (nSPS) is 17.7. The number of ether oxygens (including phenoxy) is 1. The minimum absolute atomic E-state index is 0.0816. The summed E-state index contributed by atoms with van der Waals surface area (Å²) in [5.41, 5.74) is 0.510. The van der Waals surface area contributed by atoms with Gasteiger partial charge in [0, 0.05) is 18.5 Å². The van der Waals surface area contributed by atoms with E-state index in [1.54, 1.807) is 0 Å². The van der Waals surface area contributed by atoms with Gasteiger partial charge in [0.15, 0.2) is 0 Å². The zero-order valence-corrected chi connectivity index (χ0v) is 16.4. The maximum absolute atomic E-state index is 12.5. The van der Waals surface area contributed by atoms with Gasteiger partial charge in [-0.2, -0.15) is 0 Å². The lowest BCUT2D eigenvalue weighted by atomic mass is 9.98. The van der Waals surface area contributed by atoms with E-state index < -0.39 is 5.97 Å². The number of hydrogen-bond acceptors (Lipinski definition) is 5. The minimum Gasteiger partial charge on any atom is -0.465 e. The van der Waals surface area contributed by atoms with Gasteiger partial charge in [0.1, 0.15) is 10.9 Å². The van der Waals surface area contributed by atoms with Gasteiger partial charge >= 0.3 is 5.97 Å². The lowest BCUT2D eigenvalue weighted by Crippen LogP contribution is -2.47. The second kappa shape index (κ2) is 7.92. The molecule has 1 aromatic heterocycles. The van der Waals surface area contributed by atoms with Crippen LogP contribution in [0.2, 0.25) is 0 Å². The Morgan fingerprint density at radius 2 is 2.20 bits per heavy atom. The molecule has 0 radical (unpaired) electrons. The Bertz CT molecular complexity index is 706. The van der Waals surface area contributed by atoms with E-state index in [0.29, 0.717) is 17.1 Å². The predicted molar refractivity (Wildman–Crippen MR) is 101 cm³/mol. The Hall–Kier alpha value is -2.00. The number of hydrogen-bond donors (Lipinski definition) is 1. The fraction of sp³-hybridized carbons (Fsp3) is 0.579. The lowest BCUT2D eigenvalue weighted by molar-refractivity contribution is -0.134. The van der Waals surface area contributed by atoms with Crippen molar-refractivity contribution in [2.45, 2.75) is 46.6 Å². The summed E-state index contributed by atoms with van der Waals surface area (Å²) in [6, 6.07) is 1.53. The predicted octanol–water partition coefficient (Wildman–Crippen LogP) is 3.36. The molecule has 25 heavy (non-hydrogen) atoms. The molecular weight excluding hydrogens is 336 g/mol. The standard InChI is InChI=1S/C19H26N2O3S/c1-6-21-11-7-8-14(17(21)22)20-15-12-13(9-10-19(2,3)4)25-16(15)18(23)24-5/h12,14,20H,6-8,11H2,1-5H3. The topological polar surface area (TPSA) is 58.6 Å². The number of piperidine rings is 1. The van der Waals surface area contributed by atoms with E-state index in [1.807, 2.05) is 38.7 Å². The fourth-order valence-corrected chi connectivity index (χ4v) is 3.52. The average Bonchev–Trinajstić information content (AvgIpc) is 2.96. The number of likely N-dealkylation sites (tertiary alicyclic amines) is 1. The first-order valence-corrected chi connectivity index (χ1v) is 9.37. The number of carbonyl (C=O) groups is 2. The maximum atomic E-state index is 12.5. The molecule has 136 valence electrons. The van der Waals surface area contributed by atoms with Crippen LogP contribution < -0.4 is 5.32 Å². The highest BCUT2D eigenvalue weighted by molar-refractivity contribution is 7.15. The molecule has 0 spiro atoms. The summed E-state index contributed by atoms with van der Waals surface area (Å²) in [5.74, 6) is 5.96. The van der Waals surface area contributed by atoms with Crippen molar-refractivity contribution in [2.75, 3.05) is 25.5 Å². The zero-order valence-electron chi connectivity index (χ0n) is 15.6. The number of carbonyl (C=O) groups excluding carboxylic acids is 2. The van der Waals surface area contributed by atoms with E-state index in [2.05, 4.69) is 17.2 Å². The van der Waals surface area contributed by atoms with Gasteiger partial charge in [-0.05, 0) is 46.6 Å². The van der Waals surface area contributed by atoms with Crippen molar-refractivity contribution in [3.8, 4) is 11.8 Å². The summed E-state index contributed by atoms with van der Waals surface area (Å²) in [6.07, 6.45) is 1.71. The van der Waals surface area contributed by atoms with Crippen LogP contribution >= 0.6 is 11.3 Å². The quantitative estimate of drug-likeness (QED) is 0.659. The molecule has 1 saturated heterocycles. The highest BCUT2D eigenvalue weighted by Gasteiger charge is 2.29. The summed E-state index contributed by atoms with van der Waals surface area (Å²) in [6.45, 7) is 9.58. The van der Waals surface area contributed by atoms with E-state index >= 15 is 0 Å². The largest absolute Gasteiger partial charge is 0.465 e. The van der Waals surface area contributed by atoms with Crippen LogP contribution in [0.1, 0.15) is 55.1 Å². The first kappa shape index (κ1) is 19.3. The Balaban J connectivity index is 2.28. The molecule has 0 aliphatic carbocycles. The molecule has 6 heteroatoms. The second-order valence-electron chi connectivity index (χ2n) is 7.10. The molecule has 1 aromatic rings. The first-order chi connectivity index (χ1) is 11.7. The second-order valence-corrected chi connectivity index (χ2v) is 8.15. The van der Waals surface area contributed by atoms with Crippen LogP contribution in [0.5, 0.6) is 0 Å². The van der Waals surface area contributed by atoms with Crippen LogP contribution in [0.25, 0.3) is 0 Å². The molecule has 1 N–H and O–H groups in total. The van der Waals surface area contributed by atoms with Gasteiger partial charge in [0.25, 0.3) is 0 Å². The molecule has 2 rings (SSSR count). The zero-order chi connectivity index (χ0) is 18.6. The number of nitrogens with zero attached hydrogens (tertiary/aromatic N) is 1. The Morgan fingerprint density at radius 3 is 2.80 bits per heavy atom. The molecule has 1 aliphatic rings. The molecular formula is C19H26N2O3S. The number of thiophene rings is 1. The number of esters is 1. The molecule has 0 bridgehead atoms. The average molecular weight is 362 g/mol. The van der Waals surface area contributed by atoms with Gasteiger partial charge in [0.05, 0.1) is 17.7 Å². The molecule has 1 atom stereocenters. The van der Waals surface area contributed by atoms with Crippen LogP contribution in [0.3, 0.4) is 0 Å². The third-order valence-corrected chi connectivity index (χ3v) is 4.94. The number of amides is 1. The van der Waals surface area contributed by atoms with Crippen molar-refractivity contribution in [1.29, 1.82) is 0 Å². The smallest absolute Gasteiger partial charge is 0.350 e. The van der Waals surface area contributed by atoms with E-state index in [1.165, 1.54) is 18.4 Å². The van der Waals surface area contributed by atoms with Crippen LogP contribution in [0.4, 0.5) is 5.69 Å². The summed E-state index contributed by atoms with van der Waals surface area (Å²) < 4.78 is 4.88. The fourth-order valence-electron chi connectivity index (χ4n) is 2.63. The van der Waals surface area contributed by atoms with Crippen LogP contribution in [-0.4, -0.2) is 43.0 Å². The van der Waals surface area contributed by atoms with Crippen molar-refractivity contribution in [3.05, 3.63) is 15.8 Å². The van der Waals surface area contributed by atoms with Crippen molar-refractivity contribution in [3.63, 3.8) is 0 Å². The molecule has 2 heterocycles. The molecule has 0 saturated carbocycles. The third-order valence-electron chi connectivity index (χ3n) is 3.91. The molecule has 5 nitrogen and oxygen atoms in total. The van der Waals surface area contributed by atoms with E-state index in [0.717, 1.165) is 24.3 Å². The van der Waals surface area contributed by atoms with E-state index in [9.17, 15) is 9.59 Å². The molecule has 1 aliphatic heterocycles. The number of rotatable bonds is 4. The third kappa shape index (κ3) is 4.99. The maximum Gasteiger partial charge on any atom is 0.350 e. The molecule has 1 amide bonds. The van der Waals surface area contributed by atoms with Crippen molar-refractivity contribution in [1.82, 2.24) is 4.90 Å². The highest BCUT2D eigenvalue weighted by atomic mass is 32.1. The first-order valence-electron chi connectivity index (χ1n) is 8.55. The van der Waals surface area contributed by atoms with Crippen LogP contribution in [-0.2, 0) is 9.53 Å². The van der Waals surface area contributed by atoms with E-state index in [-0.39, 0.29) is 17.4 Å². The Morgan fingerprint density at radius 1 is 1.48 bits per heavy atom. The summed E-state index contributed by atoms with van der Waals surface area (Å²) >= 11 is 1.29. The SMILES string of the molecule is CCN1CCCC(Nc2cc(C#CC(C)(C)C)sc2C(=O)OC)C1=O. The van der Waals surface area contributed by atoms with Gasteiger partial charge in [-0.1, -0.05) is 11.8 Å². The monoisotopic (exact) mass is 362 g/mol. The minimum atomic E-state index is -0.410. The van der Waals surface area contributed by atoms with Gasteiger partial charge < -0.3 is 15.0 Å². The van der Waals surface area contributed by atoms with Crippen molar-refractivity contribution in [2.24, 2.45) is 5.41 Å². The van der Waals surface area contributed by atoms with Crippen LogP contribution in [0, 0.1) is 17.3 Å². The number of anilines is 1. The Labute approximate surface area is 153 Å². The summed E-state index contributed by atoms with van der Waals surface area (Å²) in [4.78, 5) is 27.7. The van der Waals surface area contributed by atoms with Gasteiger partial charge in [-0.15, -0.1) is 11.3 Å². The summed E-state index contributed by atoms with van der Waals surface area (Å²) in [7, 11) is 1.36. The van der Waals surface area contributed by atoms with Gasteiger partial charge in [0.2, 0.25) is 5.91 Å². The number of methoxy groups -OCH3 is 1. The number of nitrogens with one attached hydrogen (secondary N) is 1. The summed E-state index contributed by atoms with van der Waals surface area (Å²) in [5, 5.41) is 3.25. The molecule has 1 fully saturated rings.